The second-order valence-corrected chi connectivity index (χ2v) is 4.22. The lowest BCUT2D eigenvalue weighted by Crippen LogP contribution is -2.21. The Morgan fingerprint density at radius 3 is 2.85 bits per heavy atom. The first-order valence-electron chi connectivity index (χ1n) is 5.03. The largest absolute Gasteiger partial charge is 0.321 e. The van der Waals surface area contributed by atoms with Gasteiger partial charge in [-0.25, -0.2) is 0 Å². The van der Waals surface area contributed by atoms with E-state index in [2.05, 4.69) is 38.1 Å². The van der Waals surface area contributed by atoms with Crippen LogP contribution in [-0.2, 0) is 5.54 Å². The van der Waals surface area contributed by atoms with Crippen LogP contribution in [0.4, 0.5) is 0 Å². The summed E-state index contributed by atoms with van der Waals surface area (Å²) >= 11 is 0. The van der Waals surface area contributed by atoms with Gasteiger partial charge in [0.15, 0.2) is 0 Å². The number of nitrogens with two attached hydrogens (primary N) is 1. The van der Waals surface area contributed by atoms with Crippen LogP contribution in [0, 0.1) is 12.8 Å². The van der Waals surface area contributed by atoms with Gasteiger partial charge in [0.2, 0.25) is 0 Å². The lowest BCUT2D eigenvalue weighted by atomic mass is 10.0. The maximum absolute atomic E-state index is 6.29. The molecule has 2 N–H and O–H groups in total. The van der Waals surface area contributed by atoms with Crippen molar-refractivity contribution >= 4 is 0 Å². The van der Waals surface area contributed by atoms with Gasteiger partial charge < -0.3 is 5.73 Å². The van der Waals surface area contributed by atoms with Crippen LogP contribution in [0.3, 0.4) is 0 Å². The summed E-state index contributed by atoms with van der Waals surface area (Å²) < 4.78 is 0. The van der Waals surface area contributed by atoms with E-state index in [4.69, 9.17) is 5.73 Å². The predicted octanol–water partition coefficient (Wildman–Crippen LogP) is 2.58. The Labute approximate surface area is 80.0 Å². The maximum atomic E-state index is 6.29. The van der Waals surface area contributed by atoms with Crippen LogP contribution in [0.25, 0.3) is 0 Å². The first-order chi connectivity index (χ1) is 6.16. The van der Waals surface area contributed by atoms with Crippen LogP contribution < -0.4 is 5.73 Å². The molecule has 1 fully saturated rings. The van der Waals surface area contributed by atoms with E-state index in [1.165, 1.54) is 17.5 Å². The van der Waals surface area contributed by atoms with Gasteiger partial charge in [0.1, 0.15) is 0 Å². The molecule has 0 unspecified atom stereocenters. The molecule has 13 heavy (non-hydrogen) atoms. The second-order valence-electron chi connectivity index (χ2n) is 4.22. The van der Waals surface area contributed by atoms with Crippen molar-refractivity contribution in [1.82, 2.24) is 0 Å². The Morgan fingerprint density at radius 1 is 1.54 bits per heavy atom. The molecule has 0 bridgehead atoms. The van der Waals surface area contributed by atoms with Crippen molar-refractivity contribution < 1.29 is 0 Å². The molecular weight excluding hydrogens is 158 g/mol. The Balaban J connectivity index is 2.27. The number of rotatable bonds is 2. The average Bonchev–Trinajstić information content (AvgIpc) is 2.79. The van der Waals surface area contributed by atoms with Gasteiger partial charge in [-0.15, -0.1) is 0 Å². The summed E-state index contributed by atoms with van der Waals surface area (Å²) in [6.07, 6.45) is 2.36. The molecule has 1 heteroatoms. The fraction of sp³-hybridized carbons (Fsp3) is 0.500. The van der Waals surface area contributed by atoms with E-state index in [-0.39, 0.29) is 5.54 Å². The minimum atomic E-state index is 0.000764. The maximum Gasteiger partial charge on any atom is 0.0442 e. The Bertz CT molecular complexity index is 319. The summed E-state index contributed by atoms with van der Waals surface area (Å²) in [7, 11) is 0. The summed E-state index contributed by atoms with van der Waals surface area (Å²) in [6, 6.07) is 8.60. The lowest BCUT2D eigenvalue weighted by Gasteiger charge is -2.11. The molecule has 1 aliphatic rings. The van der Waals surface area contributed by atoms with E-state index < -0.39 is 0 Å². The van der Waals surface area contributed by atoms with E-state index >= 15 is 0 Å². The summed E-state index contributed by atoms with van der Waals surface area (Å²) in [5.74, 6) is 0.703. The molecule has 1 saturated carbocycles. The predicted molar refractivity (Wildman–Crippen MR) is 55.4 cm³/mol. The average molecular weight is 175 g/mol. The van der Waals surface area contributed by atoms with E-state index in [0.717, 1.165) is 6.42 Å². The highest BCUT2D eigenvalue weighted by molar-refractivity contribution is 5.34. The standard InChI is InChI=1S/C12H17N/c1-3-10-8-12(10,13)11-6-4-5-9(2)7-11/h4-7,10H,3,8,13H2,1-2H3/t10-,12-/m1/s1. The molecule has 0 saturated heterocycles. The third kappa shape index (κ3) is 1.37. The number of hydrogen-bond acceptors (Lipinski definition) is 1. The highest BCUT2D eigenvalue weighted by Crippen LogP contribution is 2.51. The van der Waals surface area contributed by atoms with E-state index in [1.54, 1.807) is 0 Å². The molecular formula is C12H17N. The molecule has 0 spiro atoms. The van der Waals surface area contributed by atoms with E-state index in [1.807, 2.05) is 0 Å². The van der Waals surface area contributed by atoms with Gasteiger partial charge in [0, 0.05) is 5.54 Å². The number of benzene rings is 1. The van der Waals surface area contributed by atoms with Gasteiger partial charge in [0.05, 0.1) is 0 Å². The van der Waals surface area contributed by atoms with Gasteiger partial charge in [-0.2, -0.15) is 0 Å². The zero-order chi connectivity index (χ0) is 9.47. The van der Waals surface area contributed by atoms with Crippen molar-refractivity contribution in [2.24, 2.45) is 11.7 Å². The Kier molecular flexibility index (Phi) is 1.92. The van der Waals surface area contributed by atoms with Crippen molar-refractivity contribution in [3.63, 3.8) is 0 Å². The molecule has 0 aliphatic heterocycles. The molecule has 2 atom stereocenters. The van der Waals surface area contributed by atoms with Crippen LogP contribution in [-0.4, -0.2) is 0 Å². The van der Waals surface area contributed by atoms with Crippen molar-refractivity contribution in [3.05, 3.63) is 35.4 Å². The zero-order valence-corrected chi connectivity index (χ0v) is 8.38. The Morgan fingerprint density at radius 2 is 2.31 bits per heavy atom. The quantitative estimate of drug-likeness (QED) is 0.734. The first-order valence-corrected chi connectivity index (χ1v) is 5.03. The summed E-state index contributed by atoms with van der Waals surface area (Å²) in [5, 5.41) is 0. The number of aryl methyl sites for hydroxylation is 1. The molecule has 0 amide bonds. The van der Waals surface area contributed by atoms with Crippen LogP contribution in [0.5, 0.6) is 0 Å². The molecule has 2 rings (SSSR count). The Hall–Kier alpha value is -0.820. The monoisotopic (exact) mass is 175 g/mol. The van der Waals surface area contributed by atoms with Crippen molar-refractivity contribution in [2.45, 2.75) is 32.2 Å². The molecule has 0 heterocycles. The minimum absolute atomic E-state index is 0.000764. The van der Waals surface area contributed by atoms with Gasteiger partial charge in [0.25, 0.3) is 0 Å². The second kappa shape index (κ2) is 2.85. The molecule has 1 aliphatic carbocycles. The summed E-state index contributed by atoms with van der Waals surface area (Å²) in [4.78, 5) is 0. The zero-order valence-electron chi connectivity index (χ0n) is 8.38. The third-order valence-corrected chi connectivity index (χ3v) is 3.20. The van der Waals surface area contributed by atoms with Crippen LogP contribution >= 0.6 is 0 Å². The first kappa shape index (κ1) is 8.76. The van der Waals surface area contributed by atoms with Gasteiger partial charge >= 0.3 is 0 Å². The third-order valence-electron chi connectivity index (χ3n) is 3.20. The highest BCUT2D eigenvalue weighted by Gasteiger charge is 2.50. The smallest absolute Gasteiger partial charge is 0.0442 e. The molecule has 70 valence electrons. The highest BCUT2D eigenvalue weighted by atomic mass is 14.9. The lowest BCUT2D eigenvalue weighted by molar-refractivity contribution is 0.615. The van der Waals surface area contributed by atoms with Crippen LogP contribution in [0.2, 0.25) is 0 Å². The van der Waals surface area contributed by atoms with Gasteiger partial charge in [-0.3, -0.25) is 0 Å². The molecule has 0 radical (unpaired) electrons. The van der Waals surface area contributed by atoms with Crippen molar-refractivity contribution in [1.29, 1.82) is 0 Å². The summed E-state index contributed by atoms with van der Waals surface area (Å²) in [5.41, 5.74) is 8.92. The topological polar surface area (TPSA) is 26.0 Å². The molecule has 0 aromatic heterocycles. The summed E-state index contributed by atoms with van der Waals surface area (Å²) in [6.45, 7) is 4.34. The fourth-order valence-corrected chi connectivity index (χ4v) is 2.15. The molecule has 1 aromatic carbocycles. The number of hydrogen-bond donors (Lipinski definition) is 1. The SMILES string of the molecule is CC[C@@H]1C[C@]1(N)c1cccc(C)c1. The van der Waals surface area contributed by atoms with E-state index in [9.17, 15) is 0 Å². The van der Waals surface area contributed by atoms with Gasteiger partial charge in [-0.1, -0.05) is 43.2 Å². The van der Waals surface area contributed by atoms with Crippen LogP contribution in [0.1, 0.15) is 30.9 Å². The molecule has 1 nitrogen and oxygen atoms in total. The molecule has 1 aromatic rings. The van der Waals surface area contributed by atoms with Crippen LogP contribution in [0.15, 0.2) is 24.3 Å². The van der Waals surface area contributed by atoms with E-state index in [0.29, 0.717) is 5.92 Å². The fourth-order valence-electron chi connectivity index (χ4n) is 2.15. The van der Waals surface area contributed by atoms with Crippen molar-refractivity contribution in [2.75, 3.05) is 0 Å². The van der Waals surface area contributed by atoms with Crippen molar-refractivity contribution in [3.8, 4) is 0 Å². The van der Waals surface area contributed by atoms with Gasteiger partial charge in [-0.05, 0) is 24.8 Å². The normalized spacial score (nSPS) is 31.8. The minimum Gasteiger partial charge on any atom is -0.321 e.